The molecule has 0 spiro atoms. The van der Waals surface area contributed by atoms with Crippen LogP contribution in [0.3, 0.4) is 0 Å². The maximum absolute atomic E-state index is 12.2. The Morgan fingerprint density at radius 3 is 2.58 bits per heavy atom. The van der Waals surface area contributed by atoms with E-state index in [-0.39, 0.29) is 17.2 Å². The number of aryl methyl sites for hydroxylation is 1. The van der Waals surface area contributed by atoms with Gasteiger partial charge in [-0.05, 0) is 25.3 Å². The molecule has 19 heavy (non-hydrogen) atoms. The van der Waals surface area contributed by atoms with Crippen LogP contribution in [0.5, 0.6) is 0 Å². The van der Waals surface area contributed by atoms with Gasteiger partial charge in [0.2, 0.25) is 10.0 Å². The van der Waals surface area contributed by atoms with E-state index >= 15 is 0 Å². The Hall–Kier alpha value is -1.38. The largest absolute Gasteiger partial charge is 0.394 e. The van der Waals surface area contributed by atoms with E-state index < -0.39 is 21.5 Å². The topological polar surface area (TPSA) is 114 Å². The predicted molar refractivity (Wildman–Crippen MR) is 67.9 cm³/mol. The molecule has 0 aromatic carbocycles. The monoisotopic (exact) mass is 287 g/mol. The van der Waals surface area contributed by atoms with Crippen molar-refractivity contribution >= 4 is 15.9 Å². The van der Waals surface area contributed by atoms with Crippen molar-refractivity contribution in [2.24, 2.45) is 12.8 Å². The number of nitrogens with one attached hydrogen (secondary N) is 1. The molecule has 1 aliphatic carbocycles. The second-order valence-electron chi connectivity index (χ2n) is 4.93. The molecule has 2 rings (SSSR count). The van der Waals surface area contributed by atoms with Gasteiger partial charge in [0.25, 0.3) is 5.91 Å². The highest BCUT2D eigenvalue weighted by molar-refractivity contribution is 7.89. The lowest BCUT2D eigenvalue weighted by atomic mass is 9.78. The minimum absolute atomic E-state index is 0.0245. The van der Waals surface area contributed by atoms with E-state index in [0.717, 1.165) is 6.42 Å². The zero-order chi connectivity index (χ0) is 14.3. The minimum atomic E-state index is -3.76. The maximum Gasteiger partial charge on any atom is 0.265 e. The highest BCUT2D eigenvalue weighted by Gasteiger charge is 2.40. The molecule has 1 aliphatic rings. The number of nitrogens with zero attached hydrogens (tertiary/aromatic N) is 1. The number of aliphatic hydroxyl groups is 1. The molecular formula is C11H17N3O4S. The summed E-state index contributed by atoms with van der Waals surface area (Å²) in [7, 11) is -2.22. The second-order valence-corrected chi connectivity index (χ2v) is 6.62. The lowest BCUT2D eigenvalue weighted by molar-refractivity contribution is 0.0992. The fraction of sp³-hybridized carbons (Fsp3) is 0.545. The number of nitrogens with two attached hydrogens (primary N) is 1. The molecule has 4 N–H and O–H groups in total. The number of rotatable bonds is 5. The van der Waals surface area contributed by atoms with Crippen molar-refractivity contribution in [2.75, 3.05) is 6.61 Å². The van der Waals surface area contributed by atoms with Gasteiger partial charge in [0.05, 0.1) is 12.1 Å². The van der Waals surface area contributed by atoms with Gasteiger partial charge in [0, 0.05) is 13.2 Å². The van der Waals surface area contributed by atoms with E-state index in [4.69, 9.17) is 5.73 Å². The second kappa shape index (κ2) is 4.62. The number of carbonyl (C=O) groups excluding carboxylic acids is 1. The van der Waals surface area contributed by atoms with Gasteiger partial charge in [-0.3, -0.25) is 4.79 Å². The summed E-state index contributed by atoms with van der Waals surface area (Å²) >= 11 is 0. The molecule has 1 fully saturated rings. The molecule has 1 heterocycles. The standard InChI is InChI=1S/C11H17N3O4S/c1-14-6-8(5-9(14)10(12)16)19(17,18)13-11(7-15)3-2-4-11/h5-6,13,15H,2-4,7H2,1H3,(H2,12,16). The van der Waals surface area contributed by atoms with E-state index in [9.17, 15) is 18.3 Å². The van der Waals surface area contributed by atoms with Gasteiger partial charge < -0.3 is 15.4 Å². The first-order valence-electron chi connectivity index (χ1n) is 5.91. The highest BCUT2D eigenvalue weighted by Crippen LogP contribution is 2.33. The van der Waals surface area contributed by atoms with Crippen LogP contribution in [0.15, 0.2) is 17.2 Å². The van der Waals surface area contributed by atoms with Crippen molar-refractivity contribution in [2.45, 2.75) is 29.7 Å². The van der Waals surface area contributed by atoms with E-state index in [0.29, 0.717) is 12.8 Å². The van der Waals surface area contributed by atoms with Crippen molar-refractivity contribution in [3.05, 3.63) is 18.0 Å². The number of sulfonamides is 1. The summed E-state index contributed by atoms with van der Waals surface area (Å²) in [5, 5.41) is 9.29. The zero-order valence-electron chi connectivity index (χ0n) is 10.6. The van der Waals surface area contributed by atoms with Crippen LogP contribution in [-0.2, 0) is 17.1 Å². The normalized spacial score (nSPS) is 18.0. The summed E-state index contributed by atoms with van der Waals surface area (Å²) in [6, 6.07) is 1.23. The molecule has 0 unspecified atom stereocenters. The van der Waals surface area contributed by atoms with Crippen molar-refractivity contribution < 1.29 is 18.3 Å². The van der Waals surface area contributed by atoms with Crippen molar-refractivity contribution in [3.63, 3.8) is 0 Å². The molecular weight excluding hydrogens is 270 g/mol. The summed E-state index contributed by atoms with van der Waals surface area (Å²) in [6.07, 6.45) is 3.42. The molecule has 8 heteroatoms. The first-order chi connectivity index (χ1) is 8.80. The molecule has 1 aromatic rings. The Kier molecular flexibility index (Phi) is 3.41. The first kappa shape index (κ1) is 14.0. The quantitative estimate of drug-likeness (QED) is 0.665. The van der Waals surface area contributed by atoms with Crippen LogP contribution < -0.4 is 10.5 Å². The third kappa shape index (κ3) is 2.51. The zero-order valence-corrected chi connectivity index (χ0v) is 11.4. The van der Waals surface area contributed by atoms with Gasteiger partial charge in [0.1, 0.15) is 10.6 Å². The first-order valence-corrected chi connectivity index (χ1v) is 7.39. The number of hydrogen-bond donors (Lipinski definition) is 3. The van der Waals surface area contributed by atoms with Crippen molar-refractivity contribution in [1.82, 2.24) is 9.29 Å². The summed E-state index contributed by atoms with van der Waals surface area (Å²) < 4.78 is 28.3. The predicted octanol–water partition coefficient (Wildman–Crippen LogP) is -0.683. The fourth-order valence-corrected chi connectivity index (χ4v) is 3.69. The Morgan fingerprint density at radius 2 is 2.21 bits per heavy atom. The average molecular weight is 287 g/mol. The number of aromatic nitrogens is 1. The van der Waals surface area contributed by atoms with Gasteiger partial charge in [-0.1, -0.05) is 0 Å². The number of carbonyl (C=O) groups is 1. The number of amides is 1. The van der Waals surface area contributed by atoms with E-state index in [1.807, 2.05) is 0 Å². The smallest absolute Gasteiger partial charge is 0.265 e. The Bertz CT molecular complexity index is 596. The number of primary amides is 1. The SMILES string of the molecule is Cn1cc(S(=O)(=O)NC2(CO)CCC2)cc1C(N)=O. The van der Waals surface area contributed by atoms with Gasteiger partial charge in [-0.15, -0.1) is 0 Å². The molecule has 1 aromatic heterocycles. The summed E-state index contributed by atoms with van der Waals surface area (Å²) in [5.41, 5.74) is 4.50. The third-order valence-corrected chi connectivity index (χ3v) is 5.05. The molecule has 106 valence electrons. The summed E-state index contributed by atoms with van der Waals surface area (Å²) in [4.78, 5) is 11.1. The molecule has 0 saturated heterocycles. The van der Waals surface area contributed by atoms with Gasteiger partial charge in [-0.25, -0.2) is 13.1 Å². The lowest BCUT2D eigenvalue weighted by Gasteiger charge is -2.40. The Morgan fingerprint density at radius 1 is 1.58 bits per heavy atom. The maximum atomic E-state index is 12.2. The van der Waals surface area contributed by atoms with E-state index in [1.54, 1.807) is 7.05 Å². The fourth-order valence-electron chi connectivity index (χ4n) is 2.17. The molecule has 0 radical (unpaired) electrons. The molecule has 7 nitrogen and oxygen atoms in total. The Balaban J connectivity index is 2.29. The molecule has 0 aliphatic heterocycles. The molecule has 0 bridgehead atoms. The van der Waals surface area contributed by atoms with E-state index in [2.05, 4.69) is 4.72 Å². The van der Waals surface area contributed by atoms with Gasteiger partial charge >= 0.3 is 0 Å². The highest BCUT2D eigenvalue weighted by atomic mass is 32.2. The van der Waals surface area contributed by atoms with Gasteiger partial charge in [-0.2, -0.15) is 0 Å². The van der Waals surface area contributed by atoms with Crippen LogP contribution in [0, 0.1) is 0 Å². The Labute approximate surface area is 111 Å². The third-order valence-electron chi connectivity index (χ3n) is 3.51. The number of hydrogen-bond acceptors (Lipinski definition) is 4. The van der Waals surface area contributed by atoms with Crippen LogP contribution >= 0.6 is 0 Å². The molecule has 1 saturated carbocycles. The van der Waals surface area contributed by atoms with Crippen LogP contribution in [0.4, 0.5) is 0 Å². The van der Waals surface area contributed by atoms with Crippen molar-refractivity contribution in [3.8, 4) is 0 Å². The summed E-state index contributed by atoms with van der Waals surface area (Å²) in [5.74, 6) is -0.690. The molecule has 1 amide bonds. The number of aliphatic hydroxyl groups excluding tert-OH is 1. The molecule has 0 atom stereocenters. The summed E-state index contributed by atoms with van der Waals surface area (Å²) in [6.45, 7) is -0.234. The average Bonchev–Trinajstić information content (AvgIpc) is 2.67. The van der Waals surface area contributed by atoms with Crippen LogP contribution in [-0.4, -0.2) is 36.1 Å². The minimum Gasteiger partial charge on any atom is -0.394 e. The van der Waals surface area contributed by atoms with Crippen molar-refractivity contribution in [1.29, 1.82) is 0 Å². The van der Waals surface area contributed by atoms with Crippen LogP contribution in [0.2, 0.25) is 0 Å². The van der Waals surface area contributed by atoms with Crippen LogP contribution in [0.1, 0.15) is 29.8 Å². The lowest BCUT2D eigenvalue weighted by Crippen LogP contribution is -2.55. The van der Waals surface area contributed by atoms with Crippen LogP contribution in [0.25, 0.3) is 0 Å². The van der Waals surface area contributed by atoms with Gasteiger partial charge in [0.15, 0.2) is 0 Å². The van der Waals surface area contributed by atoms with E-state index in [1.165, 1.54) is 16.8 Å².